The van der Waals surface area contributed by atoms with E-state index in [0.29, 0.717) is 18.4 Å². The third kappa shape index (κ3) is 3.13. The zero-order valence-electron chi connectivity index (χ0n) is 10.3. The molecule has 0 N–H and O–H groups in total. The lowest BCUT2D eigenvalue weighted by atomic mass is 10.0. The highest BCUT2D eigenvalue weighted by molar-refractivity contribution is 7.80. The molecule has 0 radical (unpaired) electrons. The van der Waals surface area contributed by atoms with Crippen LogP contribution in [0.3, 0.4) is 0 Å². The molecule has 0 aromatic rings. The van der Waals surface area contributed by atoms with Crippen LogP contribution in [0.2, 0.25) is 0 Å². The van der Waals surface area contributed by atoms with E-state index in [0.717, 1.165) is 5.75 Å². The monoisotopic (exact) mass is 229 g/mol. The van der Waals surface area contributed by atoms with Crippen molar-refractivity contribution in [3.8, 4) is 0 Å². The summed E-state index contributed by atoms with van der Waals surface area (Å²) < 4.78 is 0. The molecule has 1 unspecified atom stereocenters. The van der Waals surface area contributed by atoms with Gasteiger partial charge in [0.15, 0.2) is 0 Å². The lowest BCUT2D eigenvalue weighted by Gasteiger charge is -2.29. The third-order valence-electron chi connectivity index (χ3n) is 3.79. The molecular weight excluding hydrogens is 206 g/mol. The third-order valence-corrected chi connectivity index (χ3v) is 4.46. The second kappa shape index (κ2) is 4.77. The molecule has 2 nitrogen and oxygen atoms in total. The predicted octanol–water partition coefficient (Wildman–Crippen LogP) is 2.59. The van der Waals surface area contributed by atoms with Crippen LogP contribution in [0.1, 0.15) is 40.0 Å². The van der Waals surface area contributed by atoms with Gasteiger partial charge in [-0.25, -0.2) is 0 Å². The van der Waals surface area contributed by atoms with E-state index >= 15 is 0 Å². The summed E-state index contributed by atoms with van der Waals surface area (Å²) in [6.07, 6.45) is 3.03. The standard InChI is InChI=1S/C12H23NOS/c1-9(2)10(3)13(4)11(14)7-12(8-15)5-6-12/h9-10,15H,5-8H2,1-4H3. The van der Waals surface area contributed by atoms with E-state index in [1.807, 2.05) is 11.9 Å². The molecule has 0 aromatic heterocycles. The Balaban J connectivity index is 2.46. The van der Waals surface area contributed by atoms with E-state index in [9.17, 15) is 4.79 Å². The first-order valence-electron chi connectivity index (χ1n) is 5.78. The number of nitrogens with zero attached hydrogens (tertiary/aromatic N) is 1. The molecule has 1 amide bonds. The van der Waals surface area contributed by atoms with Gasteiger partial charge in [0.05, 0.1) is 0 Å². The van der Waals surface area contributed by atoms with Crippen molar-refractivity contribution >= 4 is 18.5 Å². The molecule has 0 bridgehead atoms. The van der Waals surface area contributed by atoms with Crippen molar-refractivity contribution in [2.24, 2.45) is 11.3 Å². The van der Waals surface area contributed by atoms with E-state index in [-0.39, 0.29) is 11.3 Å². The van der Waals surface area contributed by atoms with Gasteiger partial charge in [0.2, 0.25) is 5.91 Å². The predicted molar refractivity (Wildman–Crippen MR) is 67.2 cm³/mol. The van der Waals surface area contributed by atoms with Crippen molar-refractivity contribution in [1.29, 1.82) is 0 Å². The van der Waals surface area contributed by atoms with Crippen LogP contribution in [0.5, 0.6) is 0 Å². The normalized spacial score (nSPS) is 20.1. The molecule has 0 saturated heterocycles. The second-order valence-electron chi connectivity index (χ2n) is 5.32. The molecule has 1 rings (SSSR count). The van der Waals surface area contributed by atoms with Crippen LogP contribution >= 0.6 is 12.6 Å². The number of amides is 1. The summed E-state index contributed by atoms with van der Waals surface area (Å²) in [7, 11) is 1.92. The Morgan fingerprint density at radius 3 is 2.27 bits per heavy atom. The van der Waals surface area contributed by atoms with Crippen LogP contribution in [0.25, 0.3) is 0 Å². The van der Waals surface area contributed by atoms with Crippen LogP contribution in [0.15, 0.2) is 0 Å². The molecule has 0 aromatic carbocycles. The van der Waals surface area contributed by atoms with Gasteiger partial charge in [-0.15, -0.1) is 0 Å². The largest absolute Gasteiger partial charge is 0.343 e. The minimum atomic E-state index is 0.241. The van der Waals surface area contributed by atoms with Crippen molar-refractivity contribution in [3.05, 3.63) is 0 Å². The lowest BCUT2D eigenvalue weighted by Crippen LogP contribution is -2.39. The molecule has 0 spiro atoms. The van der Waals surface area contributed by atoms with Crippen molar-refractivity contribution in [2.45, 2.75) is 46.1 Å². The minimum Gasteiger partial charge on any atom is -0.343 e. The van der Waals surface area contributed by atoms with E-state index < -0.39 is 0 Å². The fourth-order valence-corrected chi connectivity index (χ4v) is 2.12. The first-order chi connectivity index (χ1) is 6.92. The topological polar surface area (TPSA) is 20.3 Å². The van der Waals surface area contributed by atoms with Crippen LogP contribution in [0.4, 0.5) is 0 Å². The Bertz CT molecular complexity index is 236. The molecule has 1 aliphatic carbocycles. The van der Waals surface area contributed by atoms with Gasteiger partial charge in [0.1, 0.15) is 0 Å². The molecule has 1 aliphatic rings. The maximum absolute atomic E-state index is 12.0. The highest BCUT2D eigenvalue weighted by atomic mass is 32.1. The lowest BCUT2D eigenvalue weighted by molar-refractivity contribution is -0.133. The van der Waals surface area contributed by atoms with E-state index in [1.165, 1.54) is 12.8 Å². The molecule has 15 heavy (non-hydrogen) atoms. The fourth-order valence-electron chi connectivity index (χ4n) is 1.69. The van der Waals surface area contributed by atoms with Crippen LogP contribution in [-0.2, 0) is 4.79 Å². The van der Waals surface area contributed by atoms with Gasteiger partial charge >= 0.3 is 0 Å². The number of hydrogen-bond acceptors (Lipinski definition) is 2. The average molecular weight is 229 g/mol. The first-order valence-corrected chi connectivity index (χ1v) is 6.41. The zero-order chi connectivity index (χ0) is 11.6. The Morgan fingerprint density at radius 1 is 1.40 bits per heavy atom. The summed E-state index contributed by atoms with van der Waals surface area (Å²) in [5.74, 6) is 1.65. The van der Waals surface area contributed by atoms with Gasteiger partial charge in [-0.2, -0.15) is 12.6 Å². The molecule has 3 heteroatoms. The van der Waals surface area contributed by atoms with Crippen molar-refractivity contribution in [1.82, 2.24) is 4.90 Å². The number of carbonyl (C=O) groups is 1. The molecule has 1 saturated carbocycles. The summed E-state index contributed by atoms with van der Waals surface area (Å²) in [5, 5.41) is 0. The summed E-state index contributed by atoms with van der Waals surface area (Å²) in [6.45, 7) is 6.42. The van der Waals surface area contributed by atoms with E-state index in [2.05, 4.69) is 33.4 Å². The Kier molecular flexibility index (Phi) is 4.10. The van der Waals surface area contributed by atoms with Crippen LogP contribution in [-0.4, -0.2) is 29.6 Å². The highest BCUT2D eigenvalue weighted by Crippen LogP contribution is 2.49. The van der Waals surface area contributed by atoms with Crippen LogP contribution < -0.4 is 0 Å². The van der Waals surface area contributed by atoms with E-state index in [1.54, 1.807) is 0 Å². The smallest absolute Gasteiger partial charge is 0.223 e. The first kappa shape index (κ1) is 12.9. The maximum atomic E-state index is 12.0. The van der Waals surface area contributed by atoms with Gasteiger partial charge < -0.3 is 4.90 Å². The summed E-state index contributed by atoms with van der Waals surface area (Å²) in [5.41, 5.74) is 0.241. The zero-order valence-corrected chi connectivity index (χ0v) is 11.2. The van der Waals surface area contributed by atoms with Crippen LogP contribution in [0, 0.1) is 11.3 Å². The van der Waals surface area contributed by atoms with Gasteiger partial charge in [-0.05, 0) is 36.9 Å². The molecule has 1 atom stereocenters. The molecule has 1 fully saturated rings. The van der Waals surface area contributed by atoms with Crippen molar-refractivity contribution in [2.75, 3.05) is 12.8 Å². The summed E-state index contributed by atoms with van der Waals surface area (Å²) >= 11 is 4.33. The molecule has 0 aliphatic heterocycles. The van der Waals surface area contributed by atoms with Crippen molar-refractivity contribution < 1.29 is 4.79 Å². The summed E-state index contributed by atoms with van der Waals surface area (Å²) in [6, 6.07) is 0.327. The Morgan fingerprint density at radius 2 is 1.93 bits per heavy atom. The van der Waals surface area contributed by atoms with Gasteiger partial charge in [0.25, 0.3) is 0 Å². The van der Waals surface area contributed by atoms with Gasteiger partial charge in [0, 0.05) is 19.5 Å². The maximum Gasteiger partial charge on any atom is 0.223 e. The van der Waals surface area contributed by atoms with Gasteiger partial charge in [-0.1, -0.05) is 13.8 Å². The number of thiol groups is 1. The SMILES string of the molecule is CC(C)C(C)N(C)C(=O)CC1(CS)CC1. The quantitative estimate of drug-likeness (QED) is 0.719. The molecule has 0 heterocycles. The average Bonchev–Trinajstić information content (AvgIpc) is 2.96. The Hall–Kier alpha value is -0.180. The summed E-state index contributed by atoms with van der Waals surface area (Å²) in [4.78, 5) is 13.9. The number of rotatable bonds is 5. The minimum absolute atomic E-state index is 0.241. The molecule has 88 valence electrons. The highest BCUT2D eigenvalue weighted by Gasteiger charge is 2.43. The number of carbonyl (C=O) groups excluding carboxylic acids is 1. The second-order valence-corrected chi connectivity index (χ2v) is 5.64. The van der Waals surface area contributed by atoms with Gasteiger partial charge in [-0.3, -0.25) is 4.79 Å². The molecular formula is C12H23NOS. The fraction of sp³-hybridized carbons (Fsp3) is 0.917. The number of hydrogen-bond donors (Lipinski definition) is 1. The Labute approximate surface area is 98.8 Å². The van der Waals surface area contributed by atoms with Crippen molar-refractivity contribution in [3.63, 3.8) is 0 Å². The van der Waals surface area contributed by atoms with E-state index in [4.69, 9.17) is 0 Å².